The van der Waals surface area contributed by atoms with Gasteiger partial charge in [0.15, 0.2) is 0 Å². The van der Waals surface area contributed by atoms with Crippen LogP contribution in [0.1, 0.15) is 96.0 Å². The number of hydrogen-bond donors (Lipinski definition) is 0. The minimum absolute atomic E-state index is 0.329. The van der Waals surface area contributed by atoms with Crippen molar-refractivity contribution in [1.29, 1.82) is 0 Å². The molecule has 158 valence electrons. The first-order valence-corrected chi connectivity index (χ1v) is 11.9. The SMILES string of the molecule is CCCCCCCC/C=C/CCCCCCCc1ccc(OCC2CO2)cc1. The monoisotopic (exact) mass is 386 g/mol. The minimum atomic E-state index is 0.329. The summed E-state index contributed by atoms with van der Waals surface area (Å²) in [6.07, 6.45) is 24.0. The molecule has 1 aliphatic rings. The Morgan fingerprint density at radius 3 is 2.00 bits per heavy atom. The van der Waals surface area contributed by atoms with Crippen LogP contribution in [-0.2, 0) is 11.2 Å². The summed E-state index contributed by atoms with van der Waals surface area (Å²) in [7, 11) is 0. The van der Waals surface area contributed by atoms with Gasteiger partial charge in [0.1, 0.15) is 18.5 Å². The molecule has 0 aliphatic carbocycles. The summed E-state index contributed by atoms with van der Waals surface area (Å²) < 4.78 is 10.8. The van der Waals surface area contributed by atoms with E-state index >= 15 is 0 Å². The molecule has 2 rings (SSSR count). The van der Waals surface area contributed by atoms with Crippen LogP contribution < -0.4 is 4.74 Å². The summed E-state index contributed by atoms with van der Waals surface area (Å²) in [5.41, 5.74) is 1.42. The number of rotatable bonds is 18. The number of benzene rings is 1. The maximum atomic E-state index is 5.69. The Morgan fingerprint density at radius 1 is 0.821 bits per heavy atom. The third-order valence-corrected chi connectivity index (χ3v) is 5.49. The van der Waals surface area contributed by atoms with Crippen molar-refractivity contribution in [2.24, 2.45) is 0 Å². The van der Waals surface area contributed by atoms with Crippen LogP contribution in [0.3, 0.4) is 0 Å². The molecular formula is C26H42O2. The van der Waals surface area contributed by atoms with Gasteiger partial charge >= 0.3 is 0 Å². The van der Waals surface area contributed by atoms with Crippen LogP contribution in [0, 0.1) is 0 Å². The standard InChI is InChI=1S/C26H42O2/c1-2-3-4-5-6-7-8-9-10-11-12-13-14-15-16-17-24-18-20-25(21-19-24)27-22-26-23-28-26/h9-10,18-21,26H,2-8,11-17,22-23H2,1H3/b10-9+. The van der Waals surface area contributed by atoms with E-state index in [1.807, 2.05) is 0 Å². The van der Waals surface area contributed by atoms with Gasteiger partial charge in [0, 0.05) is 0 Å². The van der Waals surface area contributed by atoms with Crippen LogP contribution in [0.2, 0.25) is 0 Å². The molecule has 0 saturated carbocycles. The average molecular weight is 387 g/mol. The maximum absolute atomic E-state index is 5.69. The van der Waals surface area contributed by atoms with E-state index in [4.69, 9.17) is 9.47 Å². The zero-order valence-corrected chi connectivity index (χ0v) is 18.2. The van der Waals surface area contributed by atoms with Crippen molar-refractivity contribution in [3.8, 4) is 5.75 Å². The first kappa shape index (κ1) is 23.0. The van der Waals surface area contributed by atoms with Crippen LogP contribution in [0.15, 0.2) is 36.4 Å². The molecule has 0 amide bonds. The lowest BCUT2D eigenvalue weighted by molar-refractivity contribution is 0.263. The number of allylic oxidation sites excluding steroid dienone is 2. The second kappa shape index (κ2) is 15.6. The molecule has 1 aromatic rings. The number of epoxide rings is 1. The van der Waals surface area contributed by atoms with E-state index in [1.54, 1.807) is 0 Å². The molecule has 1 aliphatic heterocycles. The molecule has 2 heteroatoms. The van der Waals surface area contributed by atoms with Crippen LogP contribution in [0.4, 0.5) is 0 Å². The third kappa shape index (κ3) is 12.2. The largest absolute Gasteiger partial charge is 0.491 e. The zero-order chi connectivity index (χ0) is 19.7. The Kier molecular flexibility index (Phi) is 12.8. The number of unbranched alkanes of at least 4 members (excludes halogenated alkanes) is 11. The lowest BCUT2D eigenvalue weighted by atomic mass is 10.0. The molecule has 1 unspecified atom stereocenters. The third-order valence-electron chi connectivity index (χ3n) is 5.49. The van der Waals surface area contributed by atoms with Gasteiger partial charge in [-0.25, -0.2) is 0 Å². The van der Waals surface area contributed by atoms with Gasteiger partial charge in [0.25, 0.3) is 0 Å². The Labute approximate surface area is 173 Å². The van der Waals surface area contributed by atoms with Gasteiger partial charge < -0.3 is 9.47 Å². The summed E-state index contributed by atoms with van der Waals surface area (Å²) in [6.45, 7) is 3.82. The van der Waals surface area contributed by atoms with Gasteiger partial charge in [-0.05, 0) is 56.2 Å². The molecule has 0 spiro atoms. The van der Waals surface area contributed by atoms with Crippen LogP contribution in [-0.4, -0.2) is 19.3 Å². The summed E-state index contributed by atoms with van der Waals surface area (Å²) >= 11 is 0. The van der Waals surface area contributed by atoms with Crippen molar-refractivity contribution >= 4 is 0 Å². The summed E-state index contributed by atoms with van der Waals surface area (Å²) in [6, 6.07) is 8.60. The van der Waals surface area contributed by atoms with Crippen molar-refractivity contribution in [3.05, 3.63) is 42.0 Å². The normalized spacial score (nSPS) is 16.0. The topological polar surface area (TPSA) is 21.8 Å². The smallest absolute Gasteiger partial charge is 0.119 e. The second-order valence-corrected chi connectivity index (χ2v) is 8.24. The number of ether oxygens (including phenoxy) is 2. The average Bonchev–Trinajstić information content (AvgIpc) is 3.55. The molecule has 1 atom stereocenters. The highest BCUT2D eigenvalue weighted by Gasteiger charge is 2.22. The molecule has 0 radical (unpaired) electrons. The van der Waals surface area contributed by atoms with E-state index in [0.29, 0.717) is 12.7 Å². The fraction of sp³-hybridized carbons (Fsp3) is 0.692. The minimum Gasteiger partial charge on any atom is -0.491 e. The number of hydrogen-bond acceptors (Lipinski definition) is 2. The number of aryl methyl sites for hydroxylation is 1. The second-order valence-electron chi connectivity index (χ2n) is 8.24. The van der Waals surface area contributed by atoms with Gasteiger partial charge in [0.2, 0.25) is 0 Å². The van der Waals surface area contributed by atoms with E-state index in [-0.39, 0.29) is 0 Å². The predicted molar refractivity (Wildman–Crippen MR) is 120 cm³/mol. The highest BCUT2D eigenvalue weighted by atomic mass is 16.6. The lowest BCUT2D eigenvalue weighted by Gasteiger charge is -2.06. The van der Waals surface area contributed by atoms with E-state index in [0.717, 1.165) is 12.4 Å². The fourth-order valence-electron chi connectivity index (χ4n) is 3.51. The summed E-state index contributed by atoms with van der Waals surface area (Å²) in [5, 5.41) is 0. The molecule has 2 nitrogen and oxygen atoms in total. The van der Waals surface area contributed by atoms with Gasteiger partial charge in [-0.1, -0.05) is 82.6 Å². The molecule has 1 aromatic carbocycles. The molecular weight excluding hydrogens is 344 g/mol. The molecule has 0 aromatic heterocycles. The van der Waals surface area contributed by atoms with Gasteiger partial charge in [-0.2, -0.15) is 0 Å². The summed E-state index contributed by atoms with van der Waals surface area (Å²) in [5.74, 6) is 0.962. The van der Waals surface area contributed by atoms with Crippen LogP contribution >= 0.6 is 0 Å². The van der Waals surface area contributed by atoms with Gasteiger partial charge in [-0.3, -0.25) is 0 Å². The first-order chi connectivity index (χ1) is 13.9. The van der Waals surface area contributed by atoms with Crippen molar-refractivity contribution in [2.45, 2.75) is 103 Å². The molecule has 1 saturated heterocycles. The zero-order valence-electron chi connectivity index (χ0n) is 18.2. The first-order valence-electron chi connectivity index (χ1n) is 11.9. The van der Waals surface area contributed by atoms with Crippen LogP contribution in [0.5, 0.6) is 5.75 Å². The van der Waals surface area contributed by atoms with Crippen molar-refractivity contribution in [2.75, 3.05) is 13.2 Å². The Hall–Kier alpha value is -1.28. The van der Waals surface area contributed by atoms with Crippen LogP contribution in [0.25, 0.3) is 0 Å². The molecule has 28 heavy (non-hydrogen) atoms. The predicted octanol–water partition coefficient (Wildman–Crippen LogP) is 7.65. The fourth-order valence-corrected chi connectivity index (χ4v) is 3.51. The van der Waals surface area contributed by atoms with E-state index in [9.17, 15) is 0 Å². The van der Waals surface area contributed by atoms with E-state index in [2.05, 4.69) is 43.3 Å². The van der Waals surface area contributed by atoms with E-state index < -0.39 is 0 Å². The van der Waals surface area contributed by atoms with Gasteiger partial charge in [-0.15, -0.1) is 0 Å². The van der Waals surface area contributed by atoms with Crippen molar-refractivity contribution < 1.29 is 9.47 Å². The highest BCUT2D eigenvalue weighted by Crippen LogP contribution is 2.17. The summed E-state index contributed by atoms with van der Waals surface area (Å²) in [4.78, 5) is 0. The highest BCUT2D eigenvalue weighted by molar-refractivity contribution is 5.27. The lowest BCUT2D eigenvalue weighted by Crippen LogP contribution is -2.03. The molecule has 0 bridgehead atoms. The Morgan fingerprint density at radius 2 is 1.39 bits per heavy atom. The van der Waals surface area contributed by atoms with Crippen molar-refractivity contribution in [3.63, 3.8) is 0 Å². The Balaban J connectivity index is 1.35. The quantitative estimate of drug-likeness (QED) is 0.147. The van der Waals surface area contributed by atoms with Gasteiger partial charge in [0.05, 0.1) is 6.61 Å². The Bertz CT molecular complexity index is 502. The molecule has 0 N–H and O–H groups in total. The molecule has 1 heterocycles. The van der Waals surface area contributed by atoms with Crippen molar-refractivity contribution in [1.82, 2.24) is 0 Å². The van der Waals surface area contributed by atoms with E-state index in [1.165, 1.54) is 95.5 Å². The maximum Gasteiger partial charge on any atom is 0.119 e. The molecule has 1 fully saturated rings.